The zero-order valence-corrected chi connectivity index (χ0v) is 10.3. The smallest absolute Gasteiger partial charge is 0.234 e. The number of hydrogen-bond acceptors (Lipinski definition) is 2. The fourth-order valence-electron chi connectivity index (χ4n) is 2.25. The van der Waals surface area contributed by atoms with Crippen LogP contribution >= 0.6 is 11.6 Å². The average Bonchev–Trinajstić information content (AvgIpc) is 2.15. The van der Waals surface area contributed by atoms with Gasteiger partial charge in [0.05, 0.1) is 5.41 Å². The van der Waals surface area contributed by atoms with Crippen molar-refractivity contribution in [1.82, 2.24) is 5.32 Å². The van der Waals surface area contributed by atoms with Crippen molar-refractivity contribution in [1.29, 1.82) is 0 Å². The molecule has 1 aromatic carbocycles. The molecule has 16 heavy (non-hydrogen) atoms. The van der Waals surface area contributed by atoms with E-state index in [0.29, 0.717) is 19.0 Å². The number of hydrogen-bond donors (Lipinski definition) is 1. The molecule has 1 aromatic rings. The summed E-state index contributed by atoms with van der Waals surface area (Å²) in [7, 11) is 0. The van der Waals surface area contributed by atoms with E-state index in [4.69, 9.17) is 11.6 Å². The number of benzene rings is 1. The van der Waals surface area contributed by atoms with E-state index in [1.807, 2.05) is 18.2 Å². The Hall–Kier alpha value is -0.860. The van der Waals surface area contributed by atoms with E-state index in [1.165, 1.54) is 5.56 Å². The van der Waals surface area contributed by atoms with Crippen molar-refractivity contribution in [2.75, 3.05) is 13.1 Å². The molecular weight excluding hydrogens is 222 g/mol. The number of rotatable bonds is 3. The molecule has 0 bridgehead atoms. The van der Waals surface area contributed by atoms with Gasteiger partial charge in [-0.05, 0) is 28.6 Å². The first-order chi connectivity index (χ1) is 7.58. The highest BCUT2D eigenvalue weighted by Gasteiger charge is 2.46. The number of nitrogens with one attached hydrogen (secondary N) is 1. The van der Waals surface area contributed by atoms with Gasteiger partial charge in [0, 0.05) is 13.1 Å². The Morgan fingerprint density at radius 3 is 2.44 bits per heavy atom. The van der Waals surface area contributed by atoms with E-state index in [9.17, 15) is 4.79 Å². The second-order valence-corrected chi connectivity index (χ2v) is 5.04. The van der Waals surface area contributed by atoms with Crippen LogP contribution < -0.4 is 5.32 Å². The van der Waals surface area contributed by atoms with Gasteiger partial charge in [0.2, 0.25) is 5.24 Å². The summed E-state index contributed by atoms with van der Waals surface area (Å²) >= 11 is 5.77. The van der Waals surface area contributed by atoms with Crippen molar-refractivity contribution in [3.63, 3.8) is 0 Å². The van der Waals surface area contributed by atoms with E-state index < -0.39 is 5.41 Å². The average molecular weight is 238 g/mol. The summed E-state index contributed by atoms with van der Waals surface area (Å²) in [5, 5.41) is 2.89. The van der Waals surface area contributed by atoms with Gasteiger partial charge in [-0.1, -0.05) is 38.1 Å². The highest BCUT2D eigenvalue weighted by Crippen LogP contribution is 2.36. The Labute approximate surface area is 101 Å². The van der Waals surface area contributed by atoms with Crippen LogP contribution in [0.15, 0.2) is 24.3 Å². The van der Waals surface area contributed by atoms with Gasteiger partial charge in [-0.2, -0.15) is 0 Å². The molecule has 3 heteroatoms. The fraction of sp³-hybridized carbons (Fsp3) is 0.462. The standard InChI is InChI=1S/C13H16ClNO/c1-9(2)10-5-3-4-6-11(10)13(12(14)16)7-15-8-13/h3-6,9,15H,7-8H2,1-2H3. The third-order valence-electron chi connectivity index (χ3n) is 3.33. The molecule has 2 rings (SSSR count). The Morgan fingerprint density at radius 2 is 2.00 bits per heavy atom. The monoisotopic (exact) mass is 237 g/mol. The van der Waals surface area contributed by atoms with Gasteiger partial charge >= 0.3 is 0 Å². The Morgan fingerprint density at radius 1 is 1.38 bits per heavy atom. The molecule has 0 aromatic heterocycles. The van der Waals surface area contributed by atoms with Crippen molar-refractivity contribution >= 4 is 16.8 Å². The minimum absolute atomic E-state index is 0.251. The maximum atomic E-state index is 11.6. The first-order valence-corrected chi connectivity index (χ1v) is 5.96. The molecular formula is C13H16ClNO. The summed E-state index contributed by atoms with van der Waals surface area (Å²) in [5.41, 5.74) is 1.81. The van der Waals surface area contributed by atoms with Crippen molar-refractivity contribution < 1.29 is 4.79 Å². The van der Waals surface area contributed by atoms with Crippen LogP contribution in [0.2, 0.25) is 0 Å². The first-order valence-electron chi connectivity index (χ1n) is 5.58. The van der Waals surface area contributed by atoms with Gasteiger partial charge < -0.3 is 5.32 Å². The molecule has 86 valence electrons. The zero-order valence-electron chi connectivity index (χ0n) is 9.59. The topological polar surface area (TPSA) is 29.1 Å². The molecule has 0 unspecified atom stereocenters. The number of carbonyl (C=O) groups is 1. The van der Waals surface area contributed by atoms with Crippen LogP contribution in [-0.4, -0.2) is 18.3 Å². The maximum Gasteiger partial charge on any atom is 0.234 e. The molecule has 1 aliphatic heterocycles. The largest absolute Gasteiger partial charge is 0.314 e. The molecule has 0 amide bonds. The molecule has 0 atom stereocenters. The van der Waals surface area contributed by atoms with Crippen molar-refractivity contribution in [3.05, 3.63) is 35.4 Å². The Kier molecular flexibility index (Phi) is 3.04. The third-order valence-corrected chi connectivity index (χ3v) is 3.69. The zero-order chi connectivity index (χ0) is 11.8. The lowest BCUT2D eigenvalue weighted by molar-refractivity contribution is -0.118. The van der Waals surface area contributed by atoms with E-state index >= 15 is 0 Å². The summed E-state index contributed by atoms with van der Waals surface area (Å²) in [6.45, 7) is 5.58. The lowest BCUT2D eigenvalue weighted by Gasteiger charge is -2.41. The van der Waals surface area contributed by atoms with Crippen LogP contribution in [0.3, 0.4) is 0 Å². The van der Waals surface area contributed by atoms with Gasteiger partial charge in [-0.3, -0.25) is 4.79 Å². The van der Waals surface area contributed by atoms with E-state index in [-0.39, 0.29) is 5.24 Å². The van der Waals surface area contributed by atoms with Crippen LogP contribution in [0.4, 0.5) is 0 Å². The van der Waals surface area contributed by atoms with Gasteiger partial charge in [-0.15, -0.1) is 0 Å². The maximum absolute atomic E-state index is 11.6. The molecule has 1 heterocycles. The second-order valence-electron chi connectivity index (χ2n) is 4.70. The van der Waals surface area contributed by atoms with Gasteiger partial charge in [0.25, 0.3) is 0 Å². The van der Waals surface area contributed by atoms with Gasteiger partial charge in [-0.25, -0.2) is 0 Å². The van der Waals surface area contributed by atoms with Crippen LogP contribution in [0.1, 0.15) is 30.9 Å². The fourth-order valence-corrected chi connectivity index (χ4v) is 2.48. The molecule has 2 nitrogen and oxygen atoms in total. The highest BCUT2D eigenvalue weighted by atomic mass is 35.5. The summed E-state index contributed by atoms with van der Waals surface area (Å²) < 4.78 is 0. The molecule has 1 fully saturated rings. The molecule has 1 saturated heterocycles. The summed E-state index contributed by atoms with van der Waals surface area (Å²) in [5.74, 6) is 0.407. The van der Waals surface area contributed by atoms with E-state index in [0.717, 1.165) is 5.56 Å². The lowest BCUT2D eigenvalue weighted by atomic mass is 9.73. The summed E-state index contributed by atoms with van der Waals surface area (Å²) in [6, 6.07) is 8.09. The number of carbonyl (C=O) groups excluding carboxylic acids is 1. The van der Waals surface area contributed by atoms with Crippen LogP contribution in [0, 0.1) is 0 Å². The Balaban J connectivity index is 2.50. The van der Waals surface area contributed by atoms with Crippen molar-refractivity contribution in [2.45, 2.75) is 25.2 Å². The van der Waals surface area contributed by atoms with E-state index in [2.05, 4.69) is 25.2 Å². The molecule has 0 aliphatic carbocycles. The van der Waals surface area contributed by atoms with Crippen LogP contribution in [0.25, 0.3) is 0 Å². The molecule has 0 radical (unpaired) electrons. The SMILES string of the molecule is CC(C)c1ccccc1C1(C(=O)Cl)CNC1. The summed E-state index contributed by atoms with van der Waals surface area (Å²) in [6.07, 6.45) is 0. The number of halogens is 1. The molecule has 0 spiro atoms. The summed E-state index contributed by atoms with van der Waals surface area (Å²) in [4.78, 5) is 11.6. The van der Waals surface area contributed by atoms with Gasteiger partial charge in [0.1, 0.15) is 0 Å². The quantitative estimate of drug-likeness (QED) is 0.819. The minimum Gasteiger partial charge on any atom is -0.314 e. The van der Waals surface area contributed by atoms with Gasteiger partial charge in [0.15, 0.2) is 0 Å². The van der Waals surface area contributed by atoms with Crippen LogP contribution in [0.5, 0.6) is 0 Å². The molecule has 1 aliphatic rings. The normalized spacial score (nSPS) is 18.2. The molecule has 1 N–H and O–H groups in total. The predicted molar refractivity (Wildman–Crippen MR) is 65.9 cm³/mol. The minimum atomic E-state index is -0.498. The predicted octanol–water partition coefficient (Wildman–Crippen LogP) is 2.42. The highest BCUT2D eigenvalue weighted by molar-refractivity contribution is 6.65. The van der Waals surface area contributed by atoms with Crippen LogP contribution in [-0.2, 0) is 10.2 Å². The lowest BCUT2D eigenvalue weighted by Crippen LogP contribution is -2.60. The van der Waals surface area contributed by atoms with E-state index in [1.54, 1.807) is 0 Å². The van der Waals surface area contributed by atoms with Crippen molar-refractivity contribution in [3.8, 4) is 0 Å². The molecule has 0 saturated carbocycles. The second kappa shape index (κ2) is 4.19. The van der Waals surface area contributed by atoms with Crippen molar-refractivity contribution in [2.24, 2.45) is 0 Å². The Bertz CT molecular complexity index is 410. The first kappa shape index (κ1) is 11.6. The third kappa shape index (κ3) is 1.66.